The molecule has 1 atom stereocenters. The number of benzene rings is 1. The molecule has 124 valence electrons. The maximum atomic E-state index is 11.0. The first-order chi connectivity index (χ1) is 10.7. The Bertz CT molecular complexity index is 704. The van der Waals surface area contributed by atoms with Crippen molar-refractivity contribution >= 4 is 17.6 Å². The lowest BCUT2D eigenvalue weighted by molar-refractivity contribution is -0.139. The molecule has 1 aromatic heterocycles. The van der Waals surface area contributed by atoms with Crippen LogP contribution >= 0.6 is 11.6 Å². The molecule has 0 aliphatic carbocycles. The van der Waals surface area contributed by atoms with Gasteiger partial charge in [-0.25, -0.2) is 4.68 Å². The van der Waals surface area contributed by atoms with Crippen LogP contribution in [0.1, 0.15) is 39.0 Å². The van der Waals surface area contributed by atoms with E-state index in [2.05, 4.69) is 31.2 Å². The van der Waals surface area contributed by atoms with Crippen LogP contribution in [0.5, 0.6) is 0 Å². The summed E-state index contributed by atoms with van der Waals surface area (Å²) in [4.78, 5) is 11.0. The van der Waals surface area contributed by atoms with E-state index in [-0.39, 0.29) is 5.41 Å². The van der Waals surface area contributed by atoms with Crippen molar-refractivity contribution in [1.29, 1.82) is 0 Å². The van der Waals surface area contributed by atoms with Crippen molar-refractivity contribution in [3.05, 3.63) is 46.7 Å². The lowest BCUT2D eigenvalue weighted by Crippen LogP contribution is -2.33. The van der Waals surface area contributed by atoms with Crippen molar-refractivity contribution in [3.63, 3.8) is 0 Å². The van der Waals surface area contributed by atoms with Crippen LogP contribution in [0.2, 0.25) is 5.02 Å². The van der Waals surface area contributed by atoms with Gasteiger partial charge in [-0.3, -0.25) is 4.79 Å². The Hall–Kier alpha value is -1.85. The molecular formula is C17H22ClN3O2. The summed E-state index contributed by atoms with van der Waals surface area (Å²) in [6.45, 7) is 8.30. The van der Waals surface area contributed by atoms with E-state index in [0.717, 1.165) is 16.9 Å². The number of nitrogens with one attached hydrogen (secondary N) is 1. The molecule has 0 spiro atoms. The predicted molar refractivity (Wildman–Crippen MR) is 91.2 cm³/mol. The molecule has 6 heteroatoms. The number of halogens is 1. The zero-order chi connectivity index (χ0) is 17.2. The van der Waals surface area contributed by atoms with Gasteiger partial charge in [0.2, 0.25) is 0 Å². The Morgan fingerprint density at radius 3 is 2.61 bits per heavy atom. The quantitative estimate of drug-likeness (QED) is 0.879. The summed E-state index contributed by atoms with van der Waals surface area (Å²) in [7, 11) is 0. The van der Waals surface area contributed by atoms with E-state index < -0.39 is 12.0 Å². The number of hydrogen-bond donors (Lipinski definition) is 2. The molecule has 0 amide bonds. The van der Waals surface area contributed by atoms with Crippen molar-refractivity contribution in [2.24, 2.45) is 0 Å². The fourth-order valence-electron chi connectivity index (χ4n) is 2.28. The fraction of sp³-hybridized carbons (Fsp3) is 0.412. The van der Waals surface area contributed by atoms with Crippen LogP contribution in [-0.2, 0) is 16.8 Å². The maximum absolute atomic E-state index is 11.0. The molecule has 1 heterocycles. The maximum Gasteiger partial charge on any atom is 0.320 e. The predicted octanol–water partition coefficient (Wildman–Crippen LogP) is 3.39. The van der Waals surface area contributed by atoms with Gasteiger partial charge in [0.15, 0.2) is 0 Å². The molecule has 0 bridgehead atoms. The molecule has 2 rings (SSSR count). The van der Waals surface area contributed by atoms with Gasteiger partial charge in [0.25, 0.3) is 0 Å². The number of carbonyl (C=O) groups is 1. The largest absolute Gasteiger partial charge is 0.480 e. The third-order valence-corrected chi connectivity index (χ3v) is 3.89. The average Bonchev–Trinajstić information content (AvgIpc) is 2.89. The molecule has 0 fully saturated rings. The molecule has 1 aromatic carbocycles. The summed E-state index contributed by atoms with van der Waals surface area (Å²) in [6.07, 6.45) is 1.91. The first kappa shape index (κ1) is 17.5. The van der Waals surface area contributed by atoms with Crippen LogP contribution in [-0.4, -0.2) is 26.9 Å². The third kappa shape index (κ3) is 4.12. The van der Waals surface area contributed by atoms with Gasteiger partial charge >= 0.3 is 5.97 Å². The highest BCUT2D eigenvalue weighted by atomic mass is 35.5. The summed E-state index contributed by atoms with van der Waals surface area (Å²) in [5.74, 6) is -0.874. The van der Waals surface area contributed by atoms with E-state index in [1.807, 2.05) is 30.5 Å². The first-order valence-electron chi connectivity index (χ1n) is 7.50. The highest BCUT2D eigenvalue weighted by Crippen LogP contribution is 2.27. The van der Waals surface area contributed by atoms with Crippen molar-refractivity contribution in [1.82, 2.24) is 15.1 Å². The van der Waals surface area contributed by atoms with E-state index >= 15 is 0 Å². The molecule has 2 aromatic rings. The van der Waals surface area contributed by atoms with Gasteiger partial charge in [0.05, 0.1) is 16.4 Å². The lowest BCUT2D eigenvalue weighted by Gasteiger charge is -2.18. The molecule has 0 saturated heterocycles. The van der Waals surface area contributed by atoms with Gasteiger partial charge in [-0.15, -0.1) is 0 Å². The van der Waals surface area contributed by atoms with Crippen LogP contribution in [0.3, 0.4) is 0 Å². The Labute approximate surface area is 141 Å². The van der Waals surface area contributed by atoms with Crippen LogP contribution in [0.25, 0.3) is 5.69 Å². The molecule has 0 unspecified atom stereocenters. The summed E-state index contributed by atoms with van der Waals surface area (Å²) in [5, 5.41) is 17.3. The molecule has 0 aliphatic rings. The number of hydrogen-bond acceptors (Lipinski definition) is 3. The summed E-state index contributed by atoms with van der Waals surface area (Å²) >= 11 is 6.25. The van der Waals surface area contributed by atoms with E-state index in [1.165, 1.54) is 0 Å². The highest BCUT2D eigenvalue weighted by Gasteiger charge is 2.23. The van der Waals surface area contributed by atoms with E-state index in [9.17, 15) is 4.79 Å². The Balaban J connectivity index is 2.37. The third-order valence-electron chi connectivity index (χ3n) is 3.57. The Morgan fingerprint density at radius 1 is 1.39 bits per heavy atom. The molecule has 2 N–H and O–H groups in total. The fourth-order valence-corrected chi connectivity index (χ4v) is 2.50. The van der Waals surface area contributed by atoms with E-state index in [1.54, 1.807) is 11.6 Å². The number of aromatic nitrogens is 2. The van der Waals surface area contributed by atoms with Crippen molar-refractivity contribution < 1.29 is 9.90 Å². The number of rotatable bonds is 5. The van der Waals surface area contributed by atoms with Crippen LogP contribution in [0, 0.1) is 0 Å². The molecule has 0 radical (unpaired) electrons. The number of carboxylic acids is 1. The Kier molecular flexibility index (Phi) is 5.12. The summed E-state index contributed by atoms with van der Waals surface area (Å²) < 4.78 is 1.76. The average molecular weight is 336 g/mol. The monoisotopic (exact) mass is 335 g/mol. The number of aliphatic carboxylic acids is 1. The highest BCUT2D eigenvalue weighted by molar-refractivity contribution is 6.32. The second kappa shape index (κ2) is 6.72. The second-order valence-electron chi connectivity index (χ2n) is 6.59. The van der Waals surface area contributed by atoms with Gasteiger partial charge in [-0.2, -0.15) is 5.10 Å². The molecule has 0 aliphatic heterocycles. The normalized spacial score (nSPS) is 13.1. The summed E-state index contributed by atoms with van der Waals surface area (Å²) in [6, 6.07) is 6.88. The van der Waals surface area contributed by atoms with Gasteiger partial charge in [-0.1, -0.05) is 44.5 Å². The van der Waals surface area contributed by atoms with Crippen LogP contribution < -0.4 is 5.32 Å². The molecule has 23 heavy (non-hydrogen) atoms. The first-order valence-corrected chi connectivity index (χ1v) is 7.88. The van der Waals surface area contributed by atoms with Crippen LogP contribution in [0.4, 0.5) is 0 Å². The van der Waals surface area contributed by atoms with Gasteiger partial charge in [0, 0.05) is 23.7 Å². The number of para-hydroxylation sites is 1. The van der Waals surface area contributed by atoms with E-state index in [0.29, 0.717) is 11.6 Å². The van der Waals surface area contributed by atoms with Crippen molar-refractivity contribution in [2.45, 2.75) is 45.7 Å². The molecule has 5 nitrogen and oxygen atoms in total. The number of nitrogens with zero attached hydrogens (tertiary/aromatic N) is 2. The summed E-state index contributed by atoms with van der Waals surface area (Å²) in [5.41, 5.74) is 2.53. The van der Waals surface area contributed by atoms with Gasteiger partial charge in [0.1, 0.15) is 6.04 Å². The minimum Gasteiger partial charge on any atom is -0.480 e. The van der Waals surface area contributed by atoms with Crippen LogP contribution in [0.15, 0.2) is 30.5 Å². The van der Waals surface area contributed by atoms with Crippen molar-refractivity contribution in [3.8, 4) is 5.69 Å². The second-order valence-corrected chi connectivity index (χ2v) is 7.00. The SMILES string of the molecule is C[C@H](NCc1cn(-c2ccccc2Cl)nc1C(C)(C)C)C(=O)O. The zero-order valence-corrected chi connectivity index (χ0v) is 14.6. The smallest absolute Gasteiger partial charge is 0.320 e. The van der Waals surface area contributed by atoms with E-state index in [4.69, 9.17) is 16.7 Å². The standard InChI is InChI=1S/C17H22ClN3O2/c1-11(16(22)23)19-9-12-10-21(20-15(12)17(2,3)4)14-8-6-5-7-13(14)18/h5-8,10-11,19H,9H2,1-4H3,(H,22,23)/t11-/m0/s1. The minimum absolute atomic E-state index is 0.157. The Morgan fingerprint density at radius 2 is 2.04 bits per heavy atom. The van der Waals surface area contributed by atoms with Crippen molar-refractivity contribution in [2.75, 3.05) is 0 Å². The minimum atomic E-state index is -0.874. The van der Waals surface area contributed by atoms with Gasteiger partial charge < -0.3 is 10.4 Å². The van der Waals surface area contributed by atoms with Gasteiger partial charge in [-0.05, 0) is 19.1 Å². The topological polar surface area (TPSA) is 67.2 Å². The zero-order valence-electron chi connectivity index (χ0n) is 13.8. The lowest BCUT2D eigenvalue weighted by atomic mass is 9.89. The number of carboxylic acid groups (broad SMARTS) is 1. The molecule has 0 saturated carbocycles. The molecular weight excluding hydrogens is 314 g/mol.